The molecule has 0 unspecified atom stereocenters. The maximum atomic E-state index is 10.5. The van der Waals surface area contributed by atoms with Crippen LogP contribution >= 0.6 is 0 Å². The van der Waals surface area contributed by atoms with E-state index < -0.39 is 4.92 Å². The van der Waals surface area contributed by atoms with Gasteiger partial charge in [0.05, 0.1) is 25.8 Å². The lowest BCUT2D eigenvalue weighted by molar-refractivity contribution is -0.402. The van der Waals surface area contributed by atoms with Gasteiger partial charge in [0.25, 0.3) is 0 Å². The molecule has 2 heterocycles. The highest BCUT2D eigenvalue weighted by atomic mass is 16.6. The van der Waals surface area contributed by atoms with Crippen molar-refractivity contribution in [2.45, 2.75) is 13.0 Å². The molecule has 1 N–H and O–H groups in total. The van der Waals surface area contributed by atoms with E-state index in [9.17, 15) is 10.1 Å². The minimum atomic E-state index is -0.558. The first-order valence-corrected chi connectivity index (χ1v) is 6.59. The fourth-order valence-corrected chi connectivity index (χ4v) is 2.02. The van der Waals surface area contributed by atoms with E-state index in [0.29, 0.717) is 31.3 Å². The number of ether oxygens (including phenoxy) is 2. The minimum absolute atomic E-state index is 0.259. The Hall–Kier alpha value is -2.70. The Balaban J connectivity index is 1.67. The molecule has 0 radical (unpaired) electrons. The summed E-state index contributed by atoms with van der Waals surface area (Å²) in [5.41, 5.74) is 0.832. The van der Waals surface area contributed by atoms with Gasteiger partial charge in [-0.15, -0.1) is 0 Å². The molecule has 0 spiro atoms. The third-order valence-corrected chi connectivity index (χ3v) is 3.04. The van der Waals surface area contributed by atoms with Gasteiger partial charge >= 0.3 is 5.88 Å². The zero-order valence-corrected chi connectivity index (χ0v) is 11.2. The molecule has 0 saturated carbocycles. The third-order valence-electron chi connectivity index (χ3n) is 3.04. The summed E-state index contributed by atoms with van der Waals surface area (Å²) in [7, 11) is 0. The molecule has 0 amide bonds. The van der Waals surface area contributed by atoms with Crippen LogP contribution in [0.25, 0.3) is 0 Å². The highest BCUT2D eigenvalue weighted by Gasteiger charge is 2.13. The van der Waals surface area contributed by atoms with E-state index in [1.165, 1.54) is 6.07 Å². The molecule has 0 atom stereocenters. The van der Waals surface area contributed by atoms with Crippen molar-refractivity contribution in [3.05, 3.63) is 46.2 Å². The number of fused-ring (bicyclic) bond motifs is 1. The summed E-state index contributed by atoms with van der Waals surface area (Å²) in [5.74, 6) is 1.66. The molecule has 110 valence electrons. The van der Waals surface area contributed by atoms with Gasteiger partial charge in [-0.3, -0.25) is 10.1 Å². The van der Waals surface area contributed by atoms with Crippen molar-refractivity contribution in [1.29, 1.82) is 0 Å². The van der Waals surface area contributed by atoms with E-state index in [4.69, 9.17) is 13.9 Å². The average Bonchev–Trinajstić information content (AvgIpc) is 2.84. The number of nitrogens with one attached hydrogen (secondary N) is 1. The van der Waals surface area contributed by atoms with Crippen LogP contribution < -0.4 is 14.8 Å². The van der Waals surface area contributed by atoms with E-state index in [0.717, 1.165) is 17.9 Å². The van der Waals surface area contributed by atoms with Gasteiger partial charge in [0.2, 0.25) is 0 Å². The van der Waals surface area contributed by atoms with Crippen molar-refractivity contribution in [2.75, 3.05) is 18.5 Å². The quantitative estimate of drug-likeness (QED) is 0.688. The van der Waals surface area contributed by atoms with Gasteiger partial charge in [-0.2, -0.15) is 0 Å². The molecule has 7 nitrogen and oxygen atoms in total. The minimum Gasteiger partial charge on any atom is -0.490 e. The largest absolute Gasteiger partial charge is 0.490 e. The number of nitro groups is 1. The predicted molar refractivity (Wildman–Crippen MR) is 74.7 cm³/mol. The second-order valence-corrected chi connectivity index (χ2v) is 4.56. The number of furan rings is 1. The van der Waals surface area contributed by atoms with Crippen LogP contribution in [-0.4, -0.2) is 18.1 Å². The molecule has 3 rings (SSSR count). The highest BCUT2D eigenvalue weighted by molar-refractivity contribution is 5.55. The van der Waals surface area contributed by atoms with Gasteiger partial charge in [-0.1, -0.05) is 0 Å². The van der Waals surface area contributed by atoms with Crippen molar-refractivity contribution in [3.63, 3.8) is 0 Å². The predicted octanol–water partition coefficient (Wildman–Crippen LogP) is 2.96. The van der Waals surface area contributed by atoms with E-state index in [1.54, 1.807) is 6.07 Å². The Kier molecular flexibility index (Phi) is 3.63. The number of nitrogens with zero attached hydrogens (tertiary/aromatic N) is 1. The van der Waals surface area contributed by atoms with E-state index >= 15 is 0 Å². The van der Waals surface area contributed by atoms with Crippen LogP contribution in [0.5, 0.6) is 11.5 Å². The van der Waals surface area contributed by atoms with Gasteiger partial charge < -0.3 is 19.2 Å². The lowest BCUT2D eigenvalue weighted by Crippen LogP contribution is -1.99. The van der Waals surface area contributed by atoms with Gasteiger partial charge in [0, 0.05) is 18.2 Å². The summed E-state index contributed by atoms with van der Waals surface area (Å²) >= 11 is 0. The Morgan fingerprint density at radius 2 is 1.95 bits per heavy atom. The zero-order chi connectivity index (χ0) is 14.7. The molecule has 1 aromatic heterocycles. The molecule has 7 heteroatoms. The van der Waals surface area contributed by atoms with Gasteiger partial charge in [-0.05, 0) is 18.2 Å². The molecule has 2 aromatic rings. The van der Waals surface area contributed by atoms with Crippen LogP contribution in [-0.2, 0) is 6.54 Å². The SMILES string of the molecule is O=[N+]([O-])c1ccc(CNc2ccc3c(c2)OCCCO3)o1. The van der Waals surface area contributed by atoms with Crippen molar-refractivity contribution >= 4 is 11.6 Å². The number of benzene rings is 1. The molecular formula is C14H14N2O5. The first-order chi connectivity index (χ1) is 10.2. The van der Waals surface area contributed by atoms with Gasteiger partial charge in [0.15, 0.2) is 11.5 Å². The zero-order valence-electron chi connectivity index (χ0n) is 11.2. The number of hydrogen-bond acceptors (Lipinski definition) is 6. The molecule has 21 heavy (non-hydrogen) atoms. The smallest absolute Gasteiger partial charge is 0.433 e. The number of rotatable bonds is 4. The molecule has 0 aliphatic carbocycles. The maximum Gasteiger partial charge on any atom is 0.433 e. The monoisotopic (exact) mass is 290 g/mol. The molecule has 0 saturated heterocycles. The summed E-state index contributed by atoms with van der Waals surface area (Å²) in [4.78, 5) is 9.98. The first-order valence-electron chi connectivity index (χ1n) is 6.59. The molecular weight excluding hydrogens is 276 g/mol. The number of anilines is 1. The second-order valence-electron chi connectivity index (χ2n) is 4.56. The van der Waals surface area contributed by atoms with Gasteiger partial charge in [0.1, 0.15) is 10.7 Å². The van der Waals surface area contributed by atoms with Crippen LogP contribution in [0, 0.1) is 10.1 Å². The van der Waals surface area contributed by atoms with Crippen molar-refractivity contribution < 1.29 is 18.8 Å². The maximum absolute atomic E-state index is 10.5. The van der Waals surface area contributed by atoms with Gasteiger partial charge in [-0.25, -0.2) is 0 Å². The van der Waals surface area contributed by atoms with Crippen LogP contribution in [0.1, 0.15) is 12.2 Å². The fourth-order valence-electron chi connectivity index (χ4n) is 2.02. The topological polar surface area (TPSA) is 86.8 Å². The van der Waals surface area contributed by atoms with Crippen LogP contribution in [0.2, 0.25) is 0 Å². The molecule has 1 aliphatic heterocycles. The Morgan fingerprint density at radius 1 is 1.14 bits per heavy atom. The lowest BCUT2D eigenvalue weighted by Gasteiger charge is -2.10. The fraction of sp³-hybridized carbons (Fsp3) is 0.286. The van der Waals surface area contributed by atoms with Crippen LogP contribution in [0.4, 0.5) is 11.6 Å². The first kappa shape index (κ1) is 13.3. The Bertz CT molecular complexity index is 653. The Morgan fingerprint density at radius 3 is 2.71 bits per heavy atom. The molecule has 1 aromatic carbocycles. The second kappa shape index (κ2) is 5.74. The molecule has 1 aliphatic rings. The average molecular weight is 290 g/mol. The summed E-state index contributed by atoms with van der Waals surface area (Å²) in [6.07, 6.45) is 0.855. The van der Waals surface area contributed by atoms with Crippen LogP contribution in [0.3, 0.4) is 0 Å². The standard InChI is InChI=1S/C14H14N2O5/c17-16(18)14-5-3-11(21-14)9-15-10-2-4-12-13(8-10)20-7-1-6-19-12/h2-5,8,15H,1,6-7,9H2. The normalized spacial score (nSPS) is 13.5. The summed E-state index contributed by atoms with van der Waals surface area (Å²) in [6.45, 7) is 1.63. The highest BCUT2D eigenvalue weighted by Crippen LogP contribution is 2.32. The van der Waals surface area contributed by atoms with Crippen molar-refractivity contribution in [1.82, 2.24) is 0 Å². The van der Waals surface area contributed by atoms with Crippen molar-refractivity contribution in [2.24, 2.45) is 0 Å². The summed E-state index contributed by atoms with van der Waals surface area (Å²) in [6, 6.07) is 8.47. The third kappa shape index (κ3) is 3.07. The lowest BCUT2D eigenvalue weighted by atomic mass is 10.2. The Labute approximate surface area is 120 Å². The summed E-state index contributed by atoms with van der Waals surface area (Å²) in [5, 5.41) is 13.7. The van der Waals surface area contributed by atoms with E-state index in [2.05, 4.69) is 5.32 Å². The van der Waals surface area contributed by atoms with E-state index in [-0.39, 0.29) is 5.88 Å². The number of hydrogen-bond donors (Lipinski definition) is 1. The summed E-state index contributed by atoms with van der Waals surface area (Å²) < 4.78 is 16.2. The van der Waals surface area contributed by atoms with Crippen molar-refractivity contribution in [3.8, 4) is 11.5 Å². The van der Waals surface area contributed by atoms with Crippen LogP contribution in [0.15, 0.2) is 34.7 Å². The van der Waals surface area contributed by atoms with E-state index in [1.807, 2.05) is 18.2 Å². The molecule has 0 fully saturated rings. The molecule has 0 bridgehead atoms.